The van der Waals surface area contributed by atoms with Crippen LogP contribution in [-0.2, 0) is 9.78 Å². The predicted molar refractivity (Wildman–Crippen MR) is 85.4 cm³/mol. The Kier molecular flexibility index (Phi) is 5.80. The van der Waals surface area contributed by atoms with Crippen LogP contribution in [0.1, 0.15) is 30.1 Å². The van der Waals surface area contributed by atoms with Gasteiger partial charge < -0.3 is 4.98 Å². The van der Waals surface area contributed by atoms with E-state index < -0.39 is 16.5 Å². The molecule has 0 amide bonds. The average molecular weight is 332 g/mol. The number of H-pyrrole nitrogens is 1. The van der Waals surface area contributed by atoms with E-state index in [0.717, 1.165) is 12.8 Å². The number of nitro benzene ring substituents is 1. The van der Waals surface area contributed by atoms with Crippen LogP contribution in [0.15, 0.2) is 41.3 Å². The van der Waals surface area contributed by atoms with Gasteiger partial charge >= 0.3 is 5.97 Å². The van der Waals surface area contributed by atoms with Crippen LogP contribution in [0.4, 0.5) is 5.69 Å². The fourth-order valence-corrected chi connectivity index (χ4v) is 1.94. The Morgan fingerprint density at radius 1 is 1.29 bits per heavy atom. The van der Waals surface area contributed by atoms with Crippen molar-refractivity contribution in [2.24, 2.45) is 0 Å². The zero-order valence-electron chi connectivity index (χ0n) is 13.0. The van der Waals surface area contributed by atoms with Gasteiger partial charge in [-0.15, -0.1) is 0 Å². The van der Waals surface area contributed by atoms with Gasteiger partial charge in [-0.25, -0.2) is 4.79 Å². The number of non-ortho nitro benzene ring substituents is 1. The van der Waals surface area contributed by atoms with Crippen LogP contribution >= 0.6 is 0 Å². The summed E-state index contributed by atoms with van der Waals surface area (Å²) in [4.78, 5) is 45.8. The van der Waals surface area contributed by atoms with Crippen molar-refractivity contribution in [2.45, 2.75) is 19.8 Å². The molecule has 0 aliphatic carbocycles. The molecule has 0 unspecified atom stereocenters. The molecule has 8 nitrogen and oxygen atoms in total. The third-order valence-corrected chi connectivity index (χ3v) is 3.23. The van der Waals surface area contributed by atoms with Gasteiger partial charge in [-0.05, 0) is 23.6 Å². The number of hydrogen-bond acceptors (Lipinski definition) is 6. The minimum atomic E-state index is -0.917. The number of nitrogens with zero attached hydrogens (tertiary/aromatic N) is 1. The Labute approximate surface area is 137 Å². The third-order valence-electron chi connectivity index (χ3n) is 3.23. The molecule has 0 aliphatic rings. The minimum absolute atomic E-state index is 0.0919. The smallest absolute Gasteiger partial charge is 0.328 e. The first-order valence-electron chi connectivity index (χ1n) is 7.34. The van der Waals surface area contributed by atoms with Crippen LogP contribution in [0.2, 0.25) is 0 Å². The van der Waals surface area contributed by atoms with Gasteiger partial charge in [0.15, 0.2) is 0 Å². The average Bonchev–Trinajstić information content (AvgIpc) is 2.59. The lowest BCUT2D eigenvalue weighted by Crippen LogP contribution is -2.19. The van der Waals surface area contributed by atoms with Crippen molar-refractivity contribution in [2.75, 3.05) is 6.61 Å². The molecule has 2 rings (SSSR count). The largest absolute Gasteiger partial charge is 0.378 e. The van der Waals surface area contributed by atoms with Crippen LogP contribution in [0.5, 0.6) is 0 Å². The number of carbonyl (C=O) groups is 1. The van der Waals surface area contributed by atoms with E-state index in [-0.39, 0.29) is 17.9 Å². The zero-order chi connectivity index (χ0) is 17.5. The molecule has 0 atom stereocenters. The maximum Gasteiger partial charge on any atom is 0.378 e. The van der Waals surface area contributed by atoms with Crippen molar-refractivity contribution in [1.82, 2.24) is 4.98 Å². The van der Waals surface area contributed by atoms with Crippen molar-refractivity contribution in [1.29, 1.82) is 0 Å². The van der Waals surface area contributed by atoms with Gasteiger partial charge in [0.25, 0.3) is 11.2 Å². The Morgan fingerprint density at radius 2 is 2.08 bits per heavy atom. The predicted octanol–water partition coefficient (Wildman–Crippen LogP) is 2.84. The quantitative estimate of drug-likeness (QED) is 0.361. The Morgan fingerprint density at radius 3 is 2.79 bits per heavy atom. The van der Waals surface area contributed by atoms with Gasteiger partial charge in [0.05, 0.1) is 11.5 Å². The fraction of sp³-hybridized carbons (Fsp3) is 0.250. The summed E-state index contributed by atoms with van der Waals surface area (Å²) >= 11 is 0. The van der Waals surface area contributed by atoms with Crippen LogP contribution in [0.3, 0.4) is 0 Å². The second kappa shape index (κ2) is 8.02. The Hall–Kier alpha value is -3.00. The van der Waals surface area contributed by atoms with Crippen LogP contribution in [0, 0.1) is 10.1 Å². The maximum absolute atomic E-state index is 11.9. The standard InChI is InChI=1S/C16H16N2O6/c1-2-3-7-23-24-16(20)14-9-12(10-17-15(14)19)11-5-4-6-13(8-11)18(21)22/h4-6,8-10H,2-3,7H2,1H3,(H,17,19). The molecule has 0 radical (unpaired) electrons. The highest BCUT2D eigenvalue weighted by molar-refractivity contribution is 5.90. The number of nitro groups is 1. The third kappa shape index (κ3) is 4.26. The molecule has 0 aliphatic heterocycles. The summed E-state index contributed by atoms with van der Waals surface area (Å²) in [6, 6.07) is 7.16. The molecule has 1 aromatic heterocycles. The number of hydrogen-bond donors (Lipinski definition) is 1. The van der Waals surface area contributed by atoms with Crippen molar-refractivity contribution in [3.63, 3.8) is 0 Å². The fourth-order valence-electron chi connectivity index (χ4n) is 1.94. The van der Waals surface area contributed by atoms with E-state index in [2.05, 4.69) is 9.87 Å². The number of aromatic nitrogens is 1. The van der Waals surface area contributed by atoms with Gasteiger partial charge in [0.2, 0.25) is 0 Å². The second-order valence-corrected chi connectivity index (χ2v) is 4.98. The number of aromatic amines is 1. The molecule has 0 fully saturated rings. The van der Waals surface area contributed by atoms with Gasteiger partial charge in [0, 0.05) is 18.3 Å². The Bertz CT molecular complexity index is 799. The lowest BCUT2D eigenvalue weighted by atomic mass is 10.1. The van der Waals surface area contributed by atoms with Gasteiger partial charge in [-0.1, -0.05) is 25.5 Å². The van der Waals surface area contributed by atoms with E-state index >= 15 is 0 Å². The molecule has 0 spiro atoms. The zero-order valence-corrected chi connectivity index (χ0v) is 13.0. The summed E-state index contributed by atoms with van der Waals surface area (Å²) in [5.74, 6) is -0.917. The summed E-state index contributed by atoms with van der Waals surface area (Å²) in [5.41, 5.74) is -0.0327. The van der Waals surface area contributed by atoms with E-state index in [4.69, 9.17) is 4.89 Å². The molecule has 8 heteroatoms. The first kappa shape index (κ1) is 17.4. The monoisotopic (exact) mass is 332 g/mol. The number of nitrogens with one attached hydrogen (secondary N) is 1. The van der Waals surface area contributed by atoms with Gasteiger partial charge in [0.1, 0.15) is 5.56 Å². The number of pyridine rings is 1. The molecule has 0 bridgehead atoms. The summed E-state index contributed by atoms with van der Waals surface area (Å²) in [5, 5.41) is 10.8. The molecule has 2 aromatic rings. The summed E-state index contributed by atoms with van der Waals surface area (Å²) < 4.78 is 0. The number of rotatable bonds is 7. The van der Waals surface area contributed by atoms with E-state index in [1.165, 1.54) is 30.5 Å². The van der Waals surface area contributed by atoms with Crippen LogP contribution < -0.4 is 5.56 Å². The molecule has 126 valence electrons. The molecular weight excluding hydrogens is 316 g/mol. The number of carbonyl (C=O) groups excluding carboxylic acids is 1. The van der Waals surface area contributed by atoms with Crippen LogP contribution in [-0.4, -0.2) is 22.5 Å². The highest BCUT2D eigenvalue weighted by atomic mass is 17.2. The van der Waals surface area contributed by atoms with Crippen molar-refractivity contribution >= 4 is 11.7 Å². The summed E-state index contributed by atoms with van der Waals surface area (Å²) in [7, 11) is 0. The van der Waals surface area contributed by atoms with Crippen molar-refractivity contribution in [3.8, 4) is 11.1 Å². The summed E-state index contributed by atoms with van der Waals surface area (Å²) in [6.07, 6.45) is 2.97. The van der Waals surface area contributed by atoms with Crippen molar-refractivity contribution < 1.29 is 19.5 Å². The second-order valence-electron chi connectivity index (χ2n) is 4.98. The highest BCUT2D eigenvalue weighted by Gasteiger charge is 2.16. The van der Waals surface area contributed by atoms with Crippen molar-refractivity contribution in [3.05, 3.63) is 62.6 Å². The molecule has 0 saturated heterocycles. The maximum atomic E-state index is 11.9. The molecule has 1 heterocycles. The van der Waals surface area contributed by atoms with E-state index in [1.807, 2.05) is 6.92 Å². The van der Waals surface area contributed by atoms with Gasteiger partial charge in [-0.3, -0.25) is 19.8 Å². The first-order valence-corrected chi connectivity index (χ1v) is 7.34. The van der Waals surface area contributed by atoms with E-state index in [0.29, 0.717) is 11.1 Å². The van der Waals surface area contributed by atoms with Crippen LogP contribution in [0.25, 0.3) is 11.1 Å². The van der Waals surface area contributed by atoms with Gasteiger partial charge in [-0.2, -0.15) is 4.89 Å². The van der Waals surface area contributed by atoms with E-state index in [9.17, 15) is 19.7 Å². The summed E-state index contributed by atoms with van der Waals surface area (Å²) in [6.45, 7) is 2.20. The SMILES string of the molecule is CCCCOOC(=O)c1cc(-c2cccc([N+](=O)[O-])c2)c[nH]c1=O. The Balaban J connectivity index is 2.25. The lowest BCUT2D eigenvalue weighted by Gasteiger charge is -2.05. The molecule has 0 saturated carbocycles. The minimum Gasteiger partial charge on any atom is -0.328 e. The topological polar surface area (TPSA) is 112 Å². The molecule has 24 heavy (non-hydrogen) atoms. The highest BCUT2D eigenvalue weighted by Crippen LogP contribution is 2.23. The molecule has 1 aromatic carbocycles. The van der Waals surface area contributed by atoms with E-state index in [1.54, 1.807) is 6.07 Å². The normalized spacial score (nSPS) is 10.4. The number of benzene rings is 1. The lowest BCUT2D eigenvalue weighted by molar-refractivity contribution is -0.384. The first-order chi connectivity index (χ1) is 11.5. The molecule has 1 N–H and O–H groups in total. The number of unbranched alkanes of at least 4 members (excludes halogenated alkanes) is 1. The molecular formula is C16H16N2O6.